The van der Waals surface area contributed by atoms with E-state index in [0.717, 1.165) is 44.2 Å². The van der Waals surface area contributed by atoms with Crippen LogP contribution in [0.1, 0.15) is 24.5 Å². The average Bonchev–Trinajstić information content (AvgIpc) is 2.55. The second kappa shape index (κ2) is 8.46. The first-order chi connectivity index (χ1) is 11.1. The zero-order valence-corrected chi connectivity index (χ0v) is 15.9. The van der Waals surface area contributed by atoms with Crippen LogP contribution >= 0.6 is 27.5 Å². The Kier molecular flexibility index (Phi) is 6.60. The average molecular weight is 399 g/mol. The smallest absolute Gasteiger partial charge is 0.167 e. The van der Waals surface area contributed by atoms with E-state index in [1.165, 1.54) is 0 Å². The summed E-state index contributed by atoms with van der Waals surface area (Å²) in [4.78, 5) is 0. The summed E-state index contributed by atoms with van der Waals surface area (Å²) in [7, 11) is 1.65. The van der Waals surface area contributed by atoms with Crippen LogP contribution in [-0.2, 0) is 6.54 Å². The number of benzene rings is 2. The van der Waals surface area contributed by atoms with E-state index in [-0.39, 0.29) is 0 Å². The fraction of sp³-hybridized carbons (Fsp3) is 0.333. The summed E-state index contributed by atoms with van der Waals surface area (Å²) in [6.45, 7) is 5.32. The zero-order chi connectivity index (χ0) is 16.8. The Bertz CT molecular complexity index is 676. The van der Waals surface area contributed by atoms with Crippen molar-refractivity contribution in [1.29, 1.82) is 0 Å². The summed E-state index contributed by atoms with van der Waals surface area (Å²) in [5.74, 6) is 1.51. The van der Waals surface area contributed by atoms with E-state index in [9.17, 15) is 0 Å². The van der Waals surface area contributed by atoms with Gasteiger partial charge in [-0.3, -0.25) is 0 Å². The second-order valence-electron chi connectivity index (χ2n) is 5.22. The van der Waals surface area contributed by atoms with Gasteiger partial charge in [-0.2, -0.15) is 0 Å². The number of ether oxygens (including phenoxy) is 2. The van der Waals surface area contributed by atoms with Gasteiger partial charge >= 0.3 is 0 Å². The largest absolute Gasteiger partial charge is 0.493 e. The molecule has 2 aromatic carbocycles. The Morgan fingerprint density at radius 3 is 2.65 bits per heavy atom. The summed E-state index contributed by atoms with van der Waals surface area (Å²) in [6, 6.07) is 9.82. The molecule has 3 nitrogen and oxygen atoms in total. The molecule has 0 unspecified atom stereocenters. The van der Waals surface area contributed by atoms with E-state index in [1.54, 1.807) is 7.11 Å². The van der Waals surface area contributed by atoms with Gasteiger partial charge in [-0.15, -0.1) is 0 Å². The van der Waals surface area contributed by atoms with Crippen LogP contribution in [0.25, 0.3) is 0 Å². The molecule has 0 aliphatic heterocycles. The van der Waals surface area contributed by atoms with Crippen molar-refractivity contribution in [3.63, 3.8) is 0 Å². The SMILES string of the molecule is CCCOc1c(OC)ccc(Br)c1CNc1ccc(C)c(Cl)c1. The molecule has 0 aliphatic rings. The van der Waals surface area contributed by atoms with Crippen molar-refractivity contribution in [2.75, 3.05) is 19.0 Å². The third-order valence-electron chi connectivity index (χ3n) is 3.48. The number of halogens is 2. The molecule has 0 aliphatic carbocycles. The maximum atomic E-state index is 6.18. The highest BCUT2D eigenvalue weighted by atomic mass is 79.9. The predicted molar refractivity (Wildman–Crippen MR) is 100.0 cm³/mol. The Hall–Kier alpha value is -1.39. The molecule has 0 atom stereocenters. The monoisotopic (exact) mass is 397 g/mol. The van der Waals surface area contributed by atoms with Crippen molar-refractivity contribution in [2.45, 2.75) is 26.8 Å². The molecule has 0 aromatic heterocycles. The fourth-order valence-electron chi connectivity index (χ4n) is 2.16. The molecule has 124 valence electrons. The molecule has 0 amide bonds. The zero-order valence-electron chi connectivity index (χ0n) is 13.6. The summed E-state index contributed by atoms with van der Waals surface area (Å²) in [5, 5.41) is 4.14. The number of methoxy groups -OCH3 is 1. The van der Waals surface area contributed by atoms with E-state index < -0.39 is 0 Å². The Balaban J connectivity index is 2.24. The highest BCUT2D eigenvalue weighted by molar-refractivity contribution is 9.10. The normalized spacial score (nSPS) is 10.5. The van der Waals surface area contributed by atoms with Crippen molar-refractivity contribution in [3.05, 3.63) is 51.0 Å². The first-order valence-electron chi connectivity index (χ1n) is 7.55. The minimum absolute atomic E-state index is 0.607. The third kappa shape index (κ3) is 4.55. The van der Waals surface area contributed by atoms with Crippen LogP contribution in [0.15, 0.2) is 34.8 Å². The molecule has 0 spiro atoms. The first-order valence-corrected chi connectivity index (χ1v) is 8.72. The van der Waals surface area contributed by atoms with Gasteiger partial charge in [0.05, 0.1) is 13.7 Å². The Labute approximate surface area is 151 Å². The molecule has 0 saturated heterocycles. The molecule has 1 N–H and O–H groups in total. The van der Waals surface area contributed by atoms with Crippen LogP contribution in [0.5, 0.6) is 11.5 Å². The van der Waals surface area contributed by atoms with Gasteiger partial charge in [0.2, 0.25) is 0 Å². The van der Waals surface area contributed by atoms with Gasteiger partial charge in [0.1, 0.15) is 0 Å². The highest BCUT2D eigenvalue weighted by Gasteiger charge is 2.14. The number of hydrogen-bond donors (Lipinski definition) is 1. The van der Waals surface area contributed by atoms with Gasteiger partial charge in [0.25, 0.3) is 0 Å². The lowest BCUT2D eigenvalue weighted by Gasteiger charge is -2.17. The van der Waals surface area contributed by atoms with Crippen molar-refractivity contribution in [2.24, 2.45) is 0 Å². The quantitative estimate of drug-likeness (QED) is 0.637. The molecule has 5 heteroatoms. The minimum Gasteiger partial charge on any atom is -0.493 e. The molecule has 0 heterocycles. The van der Waals surface area contributed by atoms with Gasteiger partial charge < -0.3 is 14.8 Å². The Morgan fingerprint density at radius 1 is 1.22 bits per heavy atom. The lowest BCUT2D eigenvalue weighted by molar-refractivity contribution is 0.291. The van der Waals surface area contributed by atoms with Crippen molar-refractivity contribution in [1.82, 2.24) is 0 Å². The molecular weight excluding hydrogens is 378 g/mol. The molecule has 2 aromatic rings. The lowest BCUT2D eigenvalue weighted by atomic mass is 10.1. The van der Waals surface area contributed by atoms with E-state index in [1.807, 2.05) is 37.3 Å². The van der Waals surface area contributed by atoms with Crippen LogP contribution in [-0.4, -0.2) is 13.7 Å². The minimum atomic E-state index is 0.607. The van der Waals surface area contributed by atoms with Gasteiger partial charge in [-0.1, -0.05) is 40.5 Å². The van der Waals surface area contributed by atoms with E-state index in [0.29, 0.717) is 13.2 Å². The number of aryl methyl sites for hydroxylation is 1. The van der Waals surface area contributed by atoms with E-state index >= 15 is 0 Å². The molecular formula is C18H21BrClNO2. The molecule has 0 bridgehead atoms. The van der Waals surface area contributed by atoms with Gasteiger partial charge in [0, 0.05) is 27.3 Å². The first kappa shape index (κ1) is 18.0. The van der Waals surface area contributed by atoms with Crippen LogP contribution in [0.2, 0.25) is 5.02 Å². The van der Waals surface area contributed by atoms with E-state index in [2.05, 4.69) is 28.2 Å². The van der Waals surface area contributed by atoms with Crippen LogP contribution in [0, 0.1) is 6.92 Å². The van der Waals surface area contributed by atoms with E-state index in [4.69, 9.17) is 21.1 Å². The number of hydrogen-bond acceptors (Lipinski definition) is 3. The summed E-state index contributed by atoms with van der Waals surface area (Å²) >= 11 is 9.78. The van der Waals surface area contributed by atoms with Crippen LogP contribution in [0.4, 0.5) is 5.69 Å². The van der Waals surface area contributed by atoms with Crippen molar-refractivity contribution < 1.29 is 9.47 Å². The molecule has 0 fully saturated rings. The van der Waals surface area contributed by atoms with Gasteiger partial charge in [0.15, 0.2) is 11.5 Å². The second-order valence-corrected chi connectivity index (χ2v) is 6.48. The molecule has 2 rings (SSSR count). The standard InChI is InChI=1S/C18H21BrClNO2/c1-4-9-23-18-14(15(19)7-8-17(18)22-3)11-21-13-6-5-12(2)16(20)10-13/h5-8,10,21H,4,9,11H2,1-3H3. The predicted octanol–water partition coefficient (Wildman–Crippen LogP) is 5.82. The Morgan fingerprint density at radius 2 is 2.00 bits per heavy atom. The number of nitrogens with one attached hydrogen (secondary N) is 1. The molecule has 0 saturated carbocycles. The van der Waals surface area contributed by atoms with Gasteiger partial charge in [-0.05, 0) is 43.2 Å². The third-order valence-corrected chi connectivity index (χ3v) is 4.63. The van der Waals surface area contributed by atoms with Crippen molar-refractivity contribution in [3.8, 4) is 11.5 Å². The fourth-order valence-corrected chi connectivity index (χ4v) is 2.80. The molecule has 0 radical (unpaired) electrons. The maximum absolute atomic E-state index is 6.18. The lowest BCUT2D eigenvalue weighted by Crippen LogP contribution is -2.06. The topological polar surface area (TPSA) is 30.5 Å². The van der Waals surface area contributed by atoms with Crippen molar-refractivity contribution >= 4 is 33.2 Å². The van der Waals surface area contributed by atoms with Crippen LogP contribution in [0.3, 0.4) is 0 Å². The van der Waals surface area contributed by atoms with Gasteiger partial charge in [-0.25, -0.2) is 0 Å². The highest BCUT2D eigenvalue weighted by Crippen LogP contribution is 2.37. The summed E-state index contributed by atoms with van der Waals surface area (Å²) in [5.41, 5.74) is 3.05. The number of anilines is 1. The molecule has 23 heavy (non-hydrogen) atoms. The van der Waals surface area contributed by atoms with Crippen LogP contribution < -0.4 is 14.8 Å². The number of rotatable bonds is 7. The summed E-state index contributed by atoms with van der Waals surface area (Å²) in [6.07, 6.45) is 0.941. The summed E-state index contributed by atoms with van der Waals surface area (Å²) < 4.78 is 12.3. The maximum Gasteiger partial charge on any atom is 0.167 e.